The Labute approximate surface area is 177 Å². The maximum Gasteiger partial charge on any atom is 0.257 e. The van der Waals surface area contributed by atoms with Crippen molar-refractivity contribution in [2.24, 2.45) is 0 Å². The van der Waals surface area contributed by atoms with E-state index in [2.05, 4.69) is 38.1 Å². The summed E-state index contributed by atoms with van der Waals surface area (Å²) in [4.78, 5) is 12.6. The second-order valence-electron chi connectivity index (χ2n) is 7.53. The van der Waals surface area contributed by atoms with Crippen LogP contribution in [0.25, 0.3) is 22.0 Å². The van der Waals surface area contributed by atoms with Gasteiger partial charge in [0, 0.05) is 16.9 Å². The maximum atomic E-state index is 12.6. The summed E-state index contributed by atoms with van der Waals surface area (Å²) in [7, 11) is 0. The fourth-order valence-electron chi connectivity index (χ4n) is 3.98. The van der Waals surface area contributed by atoms with Crippen LogP contribution in [0.3, 0.4) is 0 Å². The van der Waals surface area contributed by atoms with Crippen molar-refractivity contribution in [3.05, 3.63) is 58.8 Å². The predicted molar refractivity (Wildman–Crippen MR) is 117 cm³/mol. The highest BCUT2D eigenvalue weighted by Crippen LogP contribution is 2.34. The van der Waals surface area contributed by atoms with Crippen molar-refractivity contribution in [3.8, 4) is 11.1 Å². The molecule has 2 aromatic heterocycles. The summed E-state index contributed by atoms with van der Waals surface area (Å²) in [5, 5.41) is 19.7. The summed E-state index contributed by atoms with van der Waals surface area (Å²) < 4.78 is 5.74. The Kier molecular flexibility index (Phi) is 5.02. The molecule has 0 saturated carbocycles. The third-order valence-corrected chi connectivity index (χ3v) is 6.21. The second kappa shape index (κ2) is 7.97. The summed E-state index contributed by atoms with van der Waals surface area (Å²) in [6.45, 7) is 4.06. The number of hydrogen-bond acceptors (Lipinski definition) is 7. The number of benzene rings is 2. The molecule has 2 aromatic carbocycles. The van der Waals surface area contributed by atoms with Crippen molar-refractivity contribution < 1.29 is 9.32 Å². The van der Waals surface area contributed by atoms with Gasteiger partial charge in [-0.2, -0.15) is 0 Å². The number of hydrogen-bond donors (Lipinski definition) is 2. The highest BCUT2D eigenvalue weighted by atomic mass is 32.1. The van der Waals surface area contributed by atoms with E-state index in [1.807, 2.05) is 31.2 Å². The number of nitrogens with one attached hydrogen (secondary N) is 2. The molecule has 1 saturated heterocycles. The van der Waals surface area contributed by atoms with Crippen LogP contribution in [-0.2, 0) is 0 Å². The molecule has 2 N–H and O–H groups in total. The van der Waals surface area contributed by atoms with Crippen molar-refractivity contribution in [2.45, 2.75) is 25.7 Å². The predicted octanol–water partition coefficient (Wildman–Crippen LogP) is 4.37. The number of piperidine rings is 1. The number of amides is 1. The molecule has 8 heteroatoms. The van der Waals surface area contributed by atoms with Gasteiger partial charge in [0.05, 0.1) is 0 Å². The number of aromatic nitrogens is 3. The molecular formula is C22H21N5O2S. The summed E-state index contributed by atoms with van der Waals surface area (Å²) in [6, 6.07) is 11.9. The number of anilines is 1. The smallest absolute Gasteiger partial charge is 0.257 e. The molecule has 1 aliphatic rings. The number of carbonyl (C=O) groups is 1. The van der Waals surface area contributed by atoms with Crippen molar-refractivity contribution in [2.75, 3.05) is 18.4 Å². The van der Waals surface area contributed by atoms with Gasteiger partial charge in [0.25, 0.3) is 5.91 Å². The van der Waals surface area contributed by atoms with E-state index in [0.29, 0.717) is 16.6 Å². The molecule has 1 aliphatic heterocycles. The third-order valence-electron chi connectivity index (χ3n) is 5.61. The lowest BCUT2D eigenvalue weighted by molar-refractivity contribution is 0.102. The van der Waals surface area contributed by atoms with Gasteiger partial charge in [-0.1, -0.05) is 28.6 Å². The van der Waals surface area contributed by atoms with Gasteiger partial charge in [0.2, 0.25) is 5.13 Å². The molecule has 0 radical (unpaired) electrons. The van der Waals surface area contributed by atoms with Crippen LogP contribution in [0.4, 0.5) is 5.13 Å². The SMILES string of the molecule is Cc1ccc(C(=O)Nc2nncs2)cc1-c1ccc2c(C3CCNCC3)onc2c1. The average molecular weight is 420 g/mol. The van der Waals surface area contributed by atoms with E-state index in [9.17, 15) is 4.79 Å². The molecule has 0 atom stereocenters. The Morgan fingerprint density at radius 1 is 1.20 bits per heavy atom. The first-order valence-electron chi connectivity index (χ1n) is 9.97. The molecule has 5 rings (SSSR count). The van der Waals surface area contributed by atoms with E-state index in [-0.39, 0.29) is 5.91 Å². The maximum absolute atomic E-state index is 12.6. The van der Waals surface area contributed by atoms with E-state index in [1.54, 1.807) is 5.51 Å². The van der Waals surface area contributed by atoms with Crippen LogP contribution in [0.1, 0.15) is 40.4 Å². The van der Waals surface area contributed by atoms with Crippen LogP contribution in [0.15, 0.2) is 46.4 Å². The van der Waals surface area contributed by atoms with Crippen molar-refractivity contribution in [1.29, 1.82) is 0 Å². The summed E-state index contributed by atoms with van der Waals surface area (Å²) in [5.74, 6) is 1.19. The number of carbonyl (C=O) groups excluding carboxylic acids is 1. The molecule has 0 aliphatic carbocycles. The van der Waals surface area contributed by atoms with Crippen LogP contribution in [0.2, 0.25) is 0 Å². The summed E-state index contributed by atoms with van der Waals surface area (Å²) in [6.07, 6.45) is 2.13. The Morgan fingerprint density at radius 2 is 2.07 bits per heavy atom. The summed E-state index contributed by atoms with van der Waals surface area (Å²) in [5.41, 5.74) is 6.10. The molecule has 4 aromatic rings. The third kappa shape index (κ3) is 3.59. The number of nitrogens with zero attached hydrogens (tertiary/aromatic N) is 3. The lowest BCUT2D eigenvalue weighted by Crippen LogP contribution is -2.26. The van der Waals surface area contributed by atoms with Gasteiger partial charge in [-0.3, -0.25) is 10.1 Å². The van der Waals surface area contributed by atoms with E-state index >= 15 is 0 Å². The van der Waals surface area contributed by atoms with Gasteiger partial charge < -0.3 is 9.84 Å². The quantitative estimate of drug-likeness (QED) is 0.510. The van der Waals surface area contributed by atoms with Crippen LogP contribution < -0.4 is 10.6 Å². The molecule has 30 heavy (non-hydrogen) atoms. The number of fused-ring (bicyclic) bond motifs is 1. The Bertz CT molecular complexity index is 1200. The van der Waals surface area contributed by atoms with E-state index in [4.69, 9.17) is 4.52 Å². The Balaban J connectivity index is 1.46. The lowest BCUT2D eigenvalue weighted by Gasteiger charge is -2.20. The normalized spacial score (nSPS) is 14.8. The van der Waals surface area contributed by atoms with Crippen molar-refractivity contribution in [3.63, 3.8) is 0 Å². The van der Waals surface area contributed by atoms with E-state index < -0.39 is 0 Å². The molecule has 152 valence electrons. The molecule has 7 nitrogen and oxygen atoms in total. The summed E-state index contributed by atoms with van der Waals surface area (Å²) >= 11 is 1.29. The first-order chi connectivity index (χ1) is 14.7. The van der Waals surface area contributed by atoms with Gasteiger partial charge in [0.15, 0.2) is 0 Å². The molecule has 1 amide bonds. The first kappa shape index (κ1) is 18.9. The van der Waals surface area contributed by atoms with Crippen LogP contribution in [-0.4, -0.2) is 34.4 Å². The minimum absolute atomic E-state index is 0.205. The minimum Gasteiger partial charge on any atom is -0.360 e. The average Bonchev–Trinajstić information content (AvgIpc) is 3.44. The first-order valence-corrected chi connectivity index (χ1v) is 10.9. The Morgan fingerprint density at radius 3 is 2.87 bits per heavy atom. The van der Waals surface area contributed by atoms with Crippen LogP contribution >= 0.6 is 11.3 Å². The number of rotatable bonds is 4. The molecule has 0 unspecified atom stereocenters. The molecule has 0 bridgehead atoms. The van der Waals surface area contributed by atoms with Crippen LogP contribution in [0.5, 0.6) is 0 Å². The Hall–Kier alpha value is -3.10. The van der Waals surface area contributed by atoms with Gasteiger partial charge in [-0.25, -0.2) is 0 Å². The zero-order chi connectivity index (χ0) is 20.5. The number of aryl methyl sites for hydroxylation is 1. The minimum atomic E-state index is -0.205. The molecular weight excluding hydrogens is 398 g/mol. The molecule has 3 heterocycles. The topological polar surface area (TPSA) is 92.9 Å². The largest absolute Gasteiger partial charge is 0.360 e. The monoisotopic (exact) mass is 419 g/mol. The fourth-order valence-corrected chi connectivity index (χ4v) is 4.42. The fraction of sp³-hybridized carbons (Fsp3) is 0.273. The zero-order valence-electron chi connectivity index (χ0n) is 16.5. The van der Waals surface area contributed by atoms with Crippen molar-refractivity contribution in [1.82, 2.24) is 20.7 Å². The van der Waals surface area contributed by atoms with Gasteiger partial charge in [-0.15, -0.1) is 10.2 Å². The van der Waals surface area contributed by atoms with E-state index in [1.165, 1.54) is 11.3 Å². The lowest BCUT2D eigenvalue weighted by atomic mass is 9.92. The highest BCUT2D eigenvalue weighted by molar-refractivity contribution is 7.13. The highest BCUT2D eigenvalue weighted by Gasteiger charge is 2.22. The standard InChI is InChI=1S/C22H21N5O2S/c1-13-2-3-16(21(28)25-22-26-24-12-30-22)10-18(13)15-4-5-17-19(11-15)27-29-20(17)14-6-8-23-9-7-14/h2-5,10-12,14,23H,6-9H2,1H3,(H,25,26,28). The second-order valence-corrected chi connectivity index (χ2v) is 8.36. The van der Waals surface area contributed by atoms with E-state index in [0.717, 1.165) is 59.3 Å². The molecule has 1 fully saturated rings. The molecule has 0 spiro atoms. The van der Waals surface area contributed by atoms with Gasteiger partial charge >= 0.3 is 0 Å². The van der Waals surface area contributed by atoms with Gasteiger partial charge in [-0.05, 0) is 73.8 Å². The van der Waals surface area contributed by atoms with Crippen LogP contribution in [0, 0.1) is 6.92 Å². The van der Waals surface area contributed by atoms with Gasteiger partial charge in [0.1, 0.15) is 16.8 Å². The van der Waals surface area contributed by atoms with Crippen molar-refractivity contribution >= 4 is 33.3 Å². The zero-order valence-corrected chi connectivity index (χ0v) is 17.3.